The standard InChI is InChI=1S/C15H21FN2O2/c1-3-17-14-9-20-8-13(14)15(19)18-10(2)11-5-4-6-12(16)7-11/h4-7,10,13-14,17H,3,8-9H2,1-2H3,(H,18,19). The Morgan fingerprint density at radius 3 is 3.00 bits per heavy atom. The summed E-state index contributed by atoms with van der Waals surface area (Å²) < 4.78 is 18.6. The molecular formula is C15H21FN2O2. The highest BCUT2D eigenvalue weighted by molar-refractivity contribution is 5.80. The molecule has 1 aliphatic rings. The van der Waals surface area contributed by atoms with Gasteiger partial charge >= 0.3 is 0 Å². The molecule has 20 heavy (non-hydrogen) atoms. The van der Waals surface area contributed by atoms with Crippen LogP contribution in [0.3, 0.4) is 0 Å². The Morgan fingerprint density at radius 1 is 1.50 bits per heavy atom. The van der Waals surface area contributed by atoms with E-state index in [2.05, 4.69) is 10.6 Å². The number of nitrogens with one attached hydrogen (secondary N) is 2. The van der Waals surface area contributed by atoms with Crippen molar-refractivity contribution in [3.8, 4) is 0 Å². The van der Waals surface area contributed by atoms with Crippen molar-refractivity contribution in [1.29, 1.82) is 0 Å². The van der Waals surface area contributed by atoms with Crippen LogP contribution in [-0.4, -0.2) is 31.7 Å². The van der Waals surface area contributed by atoms with Gasteiger partial charge in [-0.3, -0.25) is 4.79 Å². The first-order chi connectivity index (χ1) is 9.61. The van der Waals surface area contributed by atoms with Crippen molar-refractivity contribution in [3.05, 3.63) is 35.6 Å². The molecule has 1 fully saturated rings. The normalized spacial score (nSPS) is 23.6. The molecule has 4 nitrogen and oxygen atoms in total. The maximum absolute atomic E-state index is 13.2. The topological polar surface area (TPSA) is 50.4 Å². The molecule has 2 rings (SSSR count). The number of rotatable bonds is 5. The Kier molecular flexibility index (Phi) is 5.09. The molecule has 110 valence electrons. The first kappa shape index (κ1) is 14.9. The highest BCUT2D eigenvalue weighted by Gasteiger charge is 2.33. The molecular weight excluding hydrogens is 259 g/mol. The molecule has 2 N–H and O–H groups in total. The summed E-state index contributed by atoms with van der Waals surface area (Å²) in [5.41, 5.74) is 0.761. The summed E-state index contributed by atoms with van der Waals surface area (Å²) in [6.07, 6.45) is 0. The molecule has 1 heterocycles. The Balaban J connectivity index is 1.97. The molecule has 1 amide bonds. The maximum atomic E-state index is 13.2. The van der Waals surface area contributed by atoms with Gasteiger partial charge < -0.3 is 15.4 Å². The lowest BCUT2D eigenvalue weighted by atomic mass is 10.0. The fraction of sp³-hybridized carbons (Fsp3) is 0.533. The third-order valence-corrected chi connectivity index (χ3v) is 3.59. The third-order valence-electron chi connectivity index (χ3n) is 3.59. The van der Waals surface area contributed by atoms with Crippen molar-refractivity contribution in [3.63, 3.8) is 0 Å². The van der Waals surface area contributed by atoms with E-state index in [1.54, 1.807) is 12.1 Å². The summed E-state index contributed by atoms with van der Waals surface area (Å²) in [4.78, 5) is 12.3. The van der Waals surface area contributed by atoms with Gasteiger partial charge in [0.25, 0.3) is 0 Å². The minimum Gasteiger partial charge on any atom is -0.379 e. The average Bonchev–Trinajstić information content (AvgIpc) is 2.87. The average molecular weight is 280 g/mol. The van der Waals surface area contributed by atoms with Gasteiger partial charge in [0, 0.05) is 6.04 Å². The third kappa shape index (κ3) is 3.55. The second kappa shape index (κ2) is 6.81. The highest BCUT2D eigenvalue weighted by Crippen LogP contribution is 2.18. The summed E-state index contributed by atoms with van der Waals surface area (Å²) in [5.74, 6) is -0.533. The van der Waals surface area contributed by atoms with Crippen LogP contribution in [0.2, 0.25) is 0 Å². The van der Waals surface area contributed by atoms with Gasteiger partial charge in [-0.05, 0) is 31.2 Å². The Morgan fingerprint density at radius 2 is 2.30 bits per heavy atom. The zero-order valence-corrected chi connectivity index (χ0v) is 11.9. The van der Waals surface area contributed by atoms with E-state index in [9.17, 15) is 9.18 Å². The zero-order chi connectivity index (χ0) is 14.5. The molecule has 1 aromatic rings. The van der Waals surface area contributed by atoms with Crippen LogP contribution in [0.4, 0.5) is 4.39 Å². The summed E-state index contributed by atoms with van der Waals surface area (Å²) >= 11 is 0. The van der Waals surface area contributed by atoms with Crippen molar-refractivity contribution >= 4 is 5.91 Å². The van der Waals surface area contributed by atoms with Gasteiger partial charge in [0.2, 0.25) is 5.91 Å². The Labute approximate surface area is 118 Å². The minimum absolute atomic E-state index is 0.0507. The molecule has 0 spiro atoms. The second-order valence-electron chi connectivity index (χ2n) is 5.09. The van der Waals surface area contributed by atoms with E-state index >= 15 is 0 Å². The van der Waals surface area contributed by atoms with Gasteiger partial charge in [0.05, 0.1) is 25.2 Å². The van der Waals surface area contributed by atoms with E-state index in [-0.39, 0.29) is 29.7 Å². The number of hydrogen-bond acceptors (Lipinski definition) is 3. The largest absolute Gasteiger partial charge is 0.379 e. The fourth-order valence-electron chi connectivity index (χ4n) is 2.46. The van der Waals surface area contributed by atoms with Crippen molar-refractivity contribution in [2.45, 2.75) is 25.9 Å². The second-order valence-corrected chi connectivity index (χ2v) is 5.09. The van der Waals surface area contributed by atoms with Crippen LogP contribution >= 0.6 is 0 Å². The molecule has 1 saturated heterocycles. The molecule has 1 aromatic carbocycles. The SMILES string of the molecule is CCNC1COCC1C(=O)NC(C)c1cccc(F)c1. The zero-order valence-electron chi connectivity index (χ0n) is 11.9. The van der Waals surface area contributed by atoms with E-state index in [1.807, 2.05) is 13.8 Å². The van der Waals surface area contributed by atoms with Crippen LogP contribution in [0.5, 0.6) is 0 Å². The van der Waals surface area contributed by atoms with Gasteiger partial charge in [0.15, 0.2) is 0 Å². The number of ether oxygens (including phenoxy) is 1. The van der Waals surface area contributed by atoms with Crippen molar-refractivity contribution in [2.24, 2.45) is 5.92 Å². The molecule has 0 aliphatic carbocycles. The molecule has 0 radical (unpaired) electrons. The van der Waals surface area contributed by atoms with Gasteiger partial charge in [-0.1, -0.05) is 19.1 Å². The van der Waals surface area contributed by atoms with Crippen LogP contribution in [0.25, 0.3) is 0 Å². The van der Waals surface area contributed by atoms with Crippen LogP contribution in [-0.2, 0) is 9.53 Å². The van der Waals surface area contributed by atoms with Crippen molar-refractivity contribution in [2.75, 3.05) is 19.8 Å². The van der Waals surface area contributed by atoms with Crippen LogP contribution < -0.4 is 10.6 Å². The van der Waals surface area contributed by atoms with Crippen molar-refractivity contribution < 1.29 is 13.9 Å². The predicted molar refractivity (Wildman–Crippen MR) is 74.7 cm³/mol. The van der Waals surface area contributed by atoms with E-state index in [4.69, 9.17) is 4.74 Å². The Hall–Kier alpha value is -1.46. The molecule has 3 atom stereocenters. The summed E-state index contributed by atoms with van der Waals surface area (Å²) in [6.45, 7) is 5.64. The number of amides is 1. The summed E-state index contributed by atoms with van der Waals surface area (Å²) in [7, 11) is 0. The lowest BCUT2D eigenvalue weighted by Gasteiger charge is -2.21. The highest BCUT2D eigenvalue weighted by atomic mass is 19.1. The molecule has 0 saturated carbocycles. The van der Waals surface area contributed by atoms with Crippen molar-refractivity contribution in [1.82, 2.24) is 10.6 Å². The van der Waals surface area contributed by atoms with Crippen LogP contribution in [0, 0.1) is 11.7 Å². The first-order valence-electron chi connectivity index (χ1n) is 6.98. The van der Waals surface area contributed by atoms with E-state index in [0.717, 1.165) is 12.1 Å². The molecule has 0 bridgehead atoms. The lowest BCUT2D eigenvalue weighted by Crippen LogP contribution is -2.44. The predicted octanol–water partition coefficient (Wildman–Crippen LogP) is 1.63. The number of benzene rings is 1. The van der Waals surface area contributed by atoms with Crippen LogP contribution in [0.1, 0.15) is 25.5 Å². The minimum atomic E-state index is -0.293. The van der Waals surface area contributed by atoms with Gasteiger partial charge in [-0.2, -0.15) is 0 Å². The molecule has 1 aliphatic heterocycles. The summed E-state index contributed by atoms with van der Waals surface area (Å²) in [5, 5.41) is 6.18. The van der Waals surface area contributed by atoms with Gasteiger partial charge in [-0.15, -0.1) is 0 Å². The lowest BCUT2D eigenvalue weighted by molar-refractivity contribution is -0.126. The van der Waals surface area contributed by atoms with Gasteiger partial charge in [-0.25, -0.2) is 4.39 Å². The smallest absolute Gasteiger partial charge is 0.227 e. The number of carbonyl (C=O) groups excluding carboxylic acids is 1. The number of likely N-dealkylation sites (N-methyl/N-ethyl adjacent to an activating group) is 1. The molecule has 0 aromatic heterocycles. The molecule has 3 unspecified atom stereocenters. The maximum Gasteiger partial charge on any atom is 0.227 e. The summed E-state index contributed by atoms with van der Waals surface area (Å²) in [6, 6.07) is 6.12. The monoisotopic (exact) mass is 280 g/mol. The molecule has 5 heteroatoms. The number of carbonyl (C=O) groups is 1. The number of hydrogen-bond donors (Lipinski definition) is 2. The number of halogens is 1. The van der Waals surface area contributed by atoms with Gasteiger partial charge in [0.1, 0.15) is 5.82 Å². The van der Waals surface area contributed by atoms with E-state index in [1.165, 1.54) is 12.1 Å². The van der Waals surface area contributed by atoms with E-state index in [0.29, 0.717) is 13.2 Å². The van der Waals surface area contributed by atoms with Crippen LogP contribution in [0.15, 0.2) is 24.3 Å². The fourth-order valence-corrected chi connectivity index (χ4v) is 2.46. The quantitative estimate of drug-likeness (QED) is 0.862. The first-order valence-corrected chi connectivity index (χ1v) is 6.98. The Bertz CT molecular complexity index is 467. The van der Waals surface area contributed by atoms with E-state index < -0.39 is 0 Å².